The van der Waals surface area contributed by atoms with Crippen molar-refractivity contribution in [1.29, 1.82) is 5.26 Å². The Hall–Kier alpha value is -3.28. The Morgan fingerprint density at radius 2 is 2.03 bits per heavy atom. The number of nitrogens with one attached hydrogen (secondary N) is 3. The Balaban J connectivity index is 1.83. The van der Waals surface area contributed by atoms with Crippen LogP contribution in [-0.2, 0) is 6.54 Å². The third kappa shape index (κ3) is 4.59. The molecule has 0 aliphatic heterocycles. The standard InChI is InChI=1S/C19H13Cl2FN4O3/c1-9-16(26-19(28)25-9)18(27)24-8-11-2-3-14(21)17(15(11)22)29-13-5-10(7-23)4-12(20)6-13/h2-6H,8H2,1H3,(H,24,27)(H2,25,26,28). The van der Waals surface area contributed by atoms with Crippen molar-refractivity contribution in [2.24, 2.45) is 0 Å². The molecule has 2 aromatic carbocycles. The second kappa shape index (κ2) is 8.39. The first kappa shape index (κ1) is 20.5. The lowest BCUT2D eigenvalue weighted by Crippen LogP contribution is -2.25. The van der Waals surface area contributed by atoms with Gasteiger partial charge in [0.15, 0.2) is 11.6 Å². The van der Waals surface area contributed by atoms with E-state index in [4.69, 9.17) is 33.2 Å². The van der Waals surface area contributed by atoms with Gasteiger partial charge in [0, 0.05) is 22.8 Å². The smallest absolute Gasteiger partial charge is 0.323 e. The number of aromatic nitrogens is 2. The maximum Gasteiger partial charge on any atom is 0.323 e. The molecule has 0 saturated carbocycles. The SMILES string of the molecule is Cc1[nH]c(=O)[nH]c1C(=O)NCc1ccc(Cl)c(Oc2cc(Cl)cc(C#N)c2)c1F. The molecule has 3 aromatic rings. The molecule has 0 aliphatic rings. The molecular formula is C19H13Cl2FN4O3. The Kier molecular flexibility index (Phi) is 5.92. The van der Waals surface area contributed by atoms with Gasteiger partial charge in [-0.1, -0.05) is 29.3 Å². The number of ether oxygens (including phenoxy) is 1. The van der Waals surface area contributed by atoms with Crippen LogP contribution < -0.4 is 15.7 Å². The Morgan fingerprint density at radius 3 is 2.69 bits per heavy atom. The number of H-pyrrole nitrogens is 2. The molecule has 1 aromatic heterocycles. The summed E-state index contributed by atoms with van der Waals surface area (Å²) < 4.78 is 20.4. The van der Waals surface area contributed by atoms with Gasteiger partial charge in [0.2, 0.25) is 0 Å². The highest BCUT2D eigenvalue weighted by Gasteiger charge is 2.18. The van der Waals surface area contributed by atoms with E-state index < -0.39 is 17.4 Å². The van der Waals surface area contributed by atoms with Crippen molar-refractivity contribution in [2.45, 2.75) is 13.5 Å². The molecule has 0 bridgehead atoms. The fourth-order valence-corrected chi connectivity index (χ4v) is 2.98. The lowest BCUT2D eigenvalue weighted by Gasteiger charge is -2.13. The van der Waals surface area contributed by atoms with Gasteiger partial charge in [-0.3, -0.25) is 4.79 Å². The van der Waals surface area contributed by atoms with E-state index in [1.807, 2.05) is 6.07 Å². The number of nitrogens with zero attached hydrogens (tertiary/aromatic N) is 1. The molecule has 10 heteroatoms. The minimum absolute atomic E-state index is 0.00173. The van der Waals surface area contributed by atoms with E-state index in [-0.39, 0.29) is 44.9 Å². The molecule has 0 spiro atoms. The molecule has 0 saturated heterocycles. The molecule has 0 aliphatic carbocycles. The number of rotatable bonds is 5. The second-order valence-electron chi connectivity index (χ2n) is 6.00. The number of amides is 1. The molecule has 7 nitrogen and oxygen atoms in total. The second-order valence-corrected chi connectivity index (χ2v) is 6.84. The predicted molar refractivity (Wildman–Crippen MR) is 105 cm³/mol. The van der Waals surface area contributed by atoms with Crippen LogP contribution in [0.3, 0.4) is 0 Å². The molecule has 1 amide bonds. The number of imidazole rings is 1. The van der Waals surface area contributed by atoms with Gasteiger partial charge in [-0.05, 0) is 31.2 Å². The third-order valence-electron chi connectivity index (χ3n) is 3.93. The lowest BCUT2D eigenvalue weighted by molar-refractivity contribution is 0.0945. The van der Waals surface area contributed by atoms with Crippen LogP contribution in [0.2, 0.25) is 10.0 Å². The van der Waals surface area contributed by atoms with Crippen molar-refractivity contribution in [3.63, 3.8) is 0 Å². The highest BCUT2D eigenvalue weighted by Crippen LogP contribution is 2.35. The van der Waals surface area contributed by atoms with Gasteiger partial charge in [-0.2, -0.15) is 5.26 Å². The van der Waals surface area contributed by atoms with Crippen molar-refractivity contribution in [1.82, 2.24) is 15.3 Å². The Labute approximate surface area is 174 Å². The summed E-state index contributed by atoms with van der Waals surface area (Å²) in [4.78, 5) is 28.2. The summed E-state index contributed by atoms with van der Waals surface area (Å²) in [6.45, 7) is 1.38. The monoisotopic (exact) mass is 434 g/mol. The number of aromatic amines is 2. The van der Waals surface area contributed by atoms with Crippen LogP contribution in [-0.4, -0.2) is 15.9 Å². The molecule has 0 radical (unpaired) electrons. The van der Waals surface area contributed by atoms with Crippen molar-refractivity contribution < 1.29 is 13.9 Å². The van der Waals surface area contributed by atoms with Gasteiger partial charge in [0.05, 0.1) is 16.7 Å². The molecule has 29 heavy (non-hydrogen) atoms. The summed E-state index contributed by atoms with van der Waals surface area (Å²) in [6, 6.07) is 8.98. The topological polar surface area (TPSA) is 111 Å². The predicted octanol–water partition coefficient (Wildman–Crippen LogP) is 4.05. The van der Waals surface area contributed by atoms with E-state index in [1.165, 1.54) is 30.3 Å². The minimum Gasteiger partial charge on any atom is -0.453 e. The molecule has 0 fully saturated rings. The number of hydrogen-bond donors (Lipinski definition) is 3. The van der Waals surface area contributed by atoms with Crippen LogP contribution in [0.1, 0.15) is 27.3 Å². The largest absolute Gasteiger partial charge is 0.453 e. The van der Waals surface area contributed by atoms with E-state index in [2.05, 4.69) is 15.3 Å². The number of nitriles is 1. The zero-order valence-electron chi connectivity index (χ0n) is 14.9. The first-order chi connectivity index (χ1) is 13.8. The van der Waals surface area contributed by atoms with Gasteiger partial charge < -0.3 is 20.0 Å². The van der Waals surface area contributed by atoms with Crippen molar-refractivity contribution >= 4 is 29.1 Å². The Morgan fingerprint density at radius 1 is 1.28 bits per heavy atom. The number of carbonyl (C=O) groups excluding carboxylic acids is 1. The summed E-state index contributed by atoms with van der Waals surface area (Å²) in [5, 5.41) is 11.8. The first-order valence-electron chi connectivity index (χ1n) is 8.21. The molecule has 0 unspecified atom stereocenters. The normalized spacial score (nSPS) is 10.4. The minimum atomic E-state index is -0.782. The number of hydrogen-bond acceptors (Lipinski definition) is 4. The summed E-state index contributed by atoms with van der Waals surface area (Å²) in [6.07, 6.45) is 0. The molecule has 148 valence electrons. The van der Waals surface area contributed by atoms with Crippen LogP contribution in [0.15, 0.2) is 35.1 Å². The van der Waals surface area contributed by atoms with Gasteiger partial charge in [-0.25, -0.2) is 9.18 Å². The number of carbonyl (C=O) groups is 1. The van der Waals surface area contributed by atoms with E-state index in [1.54, 1.807) is 6.92 Å². The summed E-state index contributed by atoms with van der Waals surface area (Å²) in [5.74, 6) is -1.49. The van der Waals surface area contributed by atoms with E-state index in [0.717, 1.165) is 0 Å². The van der Waals surface area contributed by atoms with Crippen LogP contribution in [0.25, 0.3) is 0 Å². The lowest BCUT2D eigenvalue weighted by atomic mass is 10.2. The van der Waals surface area contributed by atoms with E-state index in [9.17, 15) is 14.0 Å². The summed E-state index contributed by atoms with van der Waals surface area (Å²) >= 11 is 12.0. The van der Waals surface area contributed by atoms with Crippen LogP contribution >= 0.6 is 23.2 Å². The van der Waals surface area contributed by atoms with E-state index in [0.29, 0.717) is 5.69 Å². The van der Waals surface area contributed by atoms with Gasteiger partial charge in [-0.15, -0.1) is 0 Å². The van der Waals surface area contributed by atoms with Crippen LogP contribution in [0.5, 0.6) is 11.5 Å². The highest BCUT2D eigenvalue weighted by molar-refractivity contribution is 6.32. The third-order valence-corrected chi connectivity index (χ3v) is 4.45. The van der Waals surface area contributed by atoms with Crippen molar-refractivity contribution in [2.75, 3.05) is 0 Å². The Bertz CT molecular complexity index is 1200. The zero-order chi connectivity index (χ0) is 21.1. The molecular weight excluding hydrogens is 422 g/mol. The van der Waals surface area contributed by atoms with Gasteiger partial charge in [0.1, 0.15) is 11.4 Å². The fourth-order valence-electron chi connectivity index (χ4n) is 2.57. The fraction of sp³-hybridized carbons (Fsp3) is 0.105. The first-order valence-corrected chi connectivity index (χ1v) is 8.96. The quantitative estimate of drug-likeness (QED) is 0.562. The average Bonchev–Trinajstić information content (AvgIpc) is 3.02. The van der Waals surface area contributed by atoms with Crippen LogP contribution in [0, 0.1) is 24.1 Å². The maximum absolute atomic E-state index is 14.9. The maximum atomic E-state index is 14.9. The molecule has 3 N–H and O–H groups in total. The van der Waals surface area contributed by atoms with Gasteiger partial charge in [0.25, 0.3) is 5.91 Å². The zero-order valence-corrected chi connectivity index (χ0v) is 16.4. The molecule has 0 atom stereocenters. The summed E-state index contributed by atoms with van der Waals surface area (Å²) in [7, 11) is 0. The van der Waals surface area contributed by atoms with Crippen molar-refractivity contribution in [3.8, 4) is 17.6 Å². The number of halogens is 3. The van der Waals surface area contributed by atoms with Crippen LogP contribution in [0.4, 0.5) is 4.39 Å². The number of benzene rings is 2. The van der Waals surface area contributed by atoms with Crippen molar-refractivity contribution in [3.05, 3.63) is 79.2 Å². The van der Waals surface area contributed by atoms with E-state index >= 15 is 0 Å². The average molecular weight is 435 g/mol. The highest BCUT2D eigenvalue weighted by atomic mass is 35.5. The summed E-state index contributed by atoms with van der Waals surface area (Å²) in [5.41, 5.74) is 0.254. The molecule has 3 rings (SSSR count). The molecule has 1 heterocycles. The van der Waals surface area contributed by atoms with Gasteiger partial charge >= 0.3 is 5.69 Å². The number of aryl methyl sites for hydroxylation is 1.